The number of ether oxygens (including phenoxy) is 1. The van der Waals surface area contributed by atoms with Gasteiger partial charge in [0.1, 0.15) is 0 Å². The third-order valence-corrected chi connectivity index (χ3v) is 3.38. The van der Waals surface area contributed by atoms with Crippen molar-refractivity contribution in [1.82, 2.24) is 4.90 Å². The molecule has 0 saturated carbocycles. The maximum absolute atomic E-state index is 5.95. The molecule has 0 aliphatic carbocycles. The number of likely N-dealkylation sites (tertiary alicyclic amines) is 1. The van der Waals surface area contributed by atoms with Gasteiger partial charge in [0.05, 0.1) is 0 Å². The van der Waals surface area contributed by atoms with Crippen LogP contribution in [0.15, 0.2) is 0 Å². The van der Waals surface area contributed by atoms with E-state index in [9.17, 15) is 0 Å². The van der Waals surface area contributed by atoms with Gasteiger partial charge in [-0.15, -0.1) is 0 Å². The van der Waals surface area contributed by atoms with Gasteiger partial charge in [-0.05, 0) is 26.3 Å². The number of hydrogen-bond acceptors (Lipinski definition) is 3. The molecule has 2 aliphatic heterocycles. The van der Waals surface area contributed by atoms with Gasteiger partial charge in [-0.2, -0.15) is 0 Å². The lowest BCUT2D eigenvalue weighted by Gasteiger charge is -2.39. The Hall–Kier alpha value is -0.120. The molecule has 1 spiro atoms. The van der Waals surface area contributed by atoms with Crippen molar-refractivity contribution in [3.63, 3.8) is 0 Å². The van der Waals surface area contributed by atoms with Crippen LogP contribution in [0, 0.1) is 0 Å². The predicted molar refractivity (Wildman–Crippen MR) is 48.0 cm³/mol. The first-order valence-electron chi connectivity index (χ1n) is 4.77. The van der Waals surface area contributed by atoms with Crippen LogP contribution >= 0.6 is 0 Å². The Kier molecular flexibility index (Phi) is 2.10. The van der Waals surface area contributed by atoms with Gasteiger partial charge in [0, 0.05) is 31.3 Å². The third kappa shape index (κ3) is 1.26. The molecule has 70 valence electrons. The van der Waals surface area contributed by atoms with E-state index in [4.69, 9.17) is 10.5 Å². The number of rotatable bonds is 0. The summed E-state index contributed by atoms with van der Waals surface area (Å²) < 4.78 is 5.37. The lowest BCUT2D eigenvalue weighted by Crippen LogP contribution is -2.45. The smallest absolute Gasteiger partial charge is 0.0483 e. The Morgan fingerprint density at radius 1 is 1.42 bits per heavy atom. The molecule has 1 unspecified atom stereocenters. The zero-order chi connectivity index (χ0) is 8.60. The van der Waals surface area contributed by atoms with Gasteiger partial charge in [-0.1, -0.05) is 0 Å². The maximum atomic E-state index is 5.95. The van der Waals surface area contributed by atoms with E-state index in [1.165, 1.54) is 0 Å². The van der Waals surface area contributed by atoms with Crippen molar-refractivity contribution in [2.75, 3.05) is 26.8 Å². The van der Waals surface area contributed by atoms with Gasteiger partial charge >= 0.3 is 0 Å². The highest BCUT2D eigenvalue weighted by Crippen LogP contribution is 2.35. The van der Waals surface area contributed by atoms with E-state index in [1.54, 1.807) is 0 Å². The highest BCUT2D eigenvalue weighted by molar-refractivity contribution is 5.00. The van der Waals surface area contributed by atoms with Gasteiger partial charge in [0.2, 0.25) is 0 Å². The largest absolute Gasteiger partial charge is 0.381 e. The van der Waals surface area contributed by atoms with Crippen LogP contribution in [-0.2, 0) is 4.74 Å². The molecular weight excluding hydrogens is 152 g/mol. The molecule has 2 heterocycles. The van der Waals surface area contributed by atoms with Crippen LogP contribution < -0.4 is 5.73 Å². The minimum atomic E-state index is 0.382. The lowest BCUT2D eigenvalue weighted by atomic mass is 9.87. The summed E-state index contributed by atoms with van der Waals surface area (Å²) in [6.07, 6.45) is 3.49. The quantitative estimate of drug-likeness (QED) is 0.564. The van der Waals surface area contributed by atoms with Crippen molar-refractivity contribution in [2.24, 2.45) is 5.73 Å². The molecule has 0 amide bonds. The fourth-order valence-corrected chi connectivity index (χ4v) is 2.59. The van der Waals surface area contributed by atoms with E-state index in [0.29, 0.717) is 11.6 Å². The molecule has 0 radical (unpaired) electrons. The second-order valence-corrected chi connectivity index (χ2v) is 4.18. The second kappa shape index (κ2) is 2.98. The van der Waals surface area contributed by atoms with Crippen molar-refractivity contribution in [2.45, 2.75) is 30.8 Å². The van der Waals surface area contributed by atoms with E-state index in [-0.39, 0.29) is 0 Å². The first-order valence-corrected chi connectivity index (χ1v) is 4.77. The average molecular weight is 170 g/mol. The van der Waals surface area contributed by atoms with Crippen LogP contribution in [0.5, 0.6) is 0 Å². The first kappa shape index (κ1) is 8.48. The van der Waals surface area contributed by atoms with Crippen LogP contribution in [0.1, 0.15) is 19.3 Å². The van der Waals surface area contributed by atoms with E-state index in [0.717, 1.165) is 39.0 Å². The summed E-state index contributed by atoms with van der Waals surface area (Å²) in [5.41, 5.74) is 6.33. The summed E-state index contributed by atoms with van der Waals surface area (Å²) in [4.78, 5) is 2.43. The van der Waals surface area contributed by atoms with Crippen LogP contribution in [0.4, 0.5) is 0 Å². The Bertz CT molecular complexity index is 166. The van der Waals surface area contributed by atoms with Crippen LogP contribution in [0.2, 0.25) is 0 Å². The fraction of sp³-hybridized carbons (Fsp3) is 1.00. The molecule has 0 aromatic heterocycles. The monoisotopic (exact) mass is 170 g/mol. The molecule has 0 aromatic rings. The lowest BCUT2D eigenvalue weighted by molar-refractivity contribution is 0.00182. The Balaban J connectivity index is 2.08. The Morgan fingerprint density at radius 3 is 2.58 bits per heavy atom. The summed E-state index contributed by atoms with van der Waals surface area (Å²) in [6, 6.07) is 0.382. The summed E-state index contributed by atoms with van der Waals surface area (Å²) >= 11 is 0. The molecule has 2 saturated heterocycles. The van der Waals surface area contributed by atoms with Gasteiger partial charge in [-0.3, -0.25) is 4.90 Å². The number of likely N-dealkylation sites (N-methyl/N-ethyl adjacent to an activating group) is 1. The number of hydrogen-bond donors (Lipinski definition) is 1. The van der Waals surface area contributed by atoms with Crippen LogP contribution in [0.25, 0.3) is 0 Å². The molecule has 1 atom stereocenters. The highest BCUT2D eigenvalue weighted by atomic mass is 16.5. The minimum Gasteiger partial charge on any atom is -0.381 e. The zero-order valence-electron chi connectivity index (χ0n) is 7.75. The summed E-state index contributed by atoms with van der Waals surface area (Å²) in [6.45, 7) is 2.88. The Labute approximate surface area is 73.9 Å². The Morgan fingerprint density at radius 2 is 2.08 bits per heavy atom. The zero-order valence-corrected chi connectivity index (χ0v) is 7.75. The van der Waals surface area contributed by atoms with E-state index in [2.05, 4.69) is 11.9 Å². The molecule has 2 aliphatic rings. The second-order valence-electron chi connectivity index (χ2n) is 4.18. The first-order chi connectivity index (χ1) is 5.73. The van der Waals surface area contributed by atoms with Crippen LogP contribution in [0.3, 0.4) is 0 Å². The molecule has 2 rings (SSSR count). The molecule has 3 nitrogen and oxygen atoms in total. The van der Waals surface area contributed by atoms with Gasteiger partial charge < -0.3 is 10.5 Å². The van der Waals surface area contributed by atoms with Crippen LogP contribution in [-0.4, -0.2) is 43.3 Å². The number of nitrogens with two attached hydrogens (primary N) is 1. The van der Waals surface area contributed by atoms with Gasteiger partial charge in [-0.25, -0.2) is 0 Å². The fourth-order valence-electron chi connectivity index (χ4n) is 2.59. The van der Waals surface area contributed by atoms with Crippen molar-refractivity contribution in [3.05, 3.63) is 0 Å². The SMILES string of the molecule is CN1CC(N)CC12CCOCC2. The highest BCUT2D eigenvalue weighted by Gasteiger charge is 2.42. The summed E-state index contributed by atoms with van der Waals surface area (Å²) in [5.74, 6) is 0. The summed E-state index contributed by atoms with van der Waals surface area (Å²) in [7, 11) is 2.19. The maximum Gasteiger partial charge on any atom is 0.0483 e. The third-order valence-electron chi connectivity index (χ3n) is 3.38. The molecule has 0 bridgehead atoms. The summed E-state index contributed by atoms with van der Waals surface area (Å²) in [5, 5.41) is 0. The minimum absolute atomic E-state index is 0.382. The molecule has 0 aromatic carbocycles. The van der Waals surface area contributed by atoms with E-state index >= 15 is 0 Å². The van der Waals surface area contributed by atoms with E-state index < -0.39 is 0 Å². The normalized spacial score (nSPS) is 36.0. The average Bonchev–Trinajstić information content (AvgIpc) is 2.29. The number of nitrogens with zero attached hydrogens (tertiary/aromatic N) is 1. The molecule has 2 N–H and O–H groups in total. The molecule has 3 heteroatoms. The van der Waals surface area contributed by atoms with Crippen molar-refractivity contribution in [3.8, 4) is 0 Å². The van der Waals surface area contributed by atoms with Gasteiger partial charge in [0.25, 0.3) is 0 Å². The molecule has 2 fully saturated rings. The van der Waals surface area contributed by atoms with E-state index in [1.807, 2.05) is 0 Å². The van der Waals surface area contributed by atoms with Gasteiger partial charge in [0.15, 0.2) is 0 Å². The molecular formula is C9H18N2O. The molecule has 12 heavy (non-hydrogen) atoms. The van der Waals surface area contributed by atoms with Crippen molar-refractivity contribution < 1.29 is 4.74 Å². The van der Waals surface area contributed by atoms with Crippen molar-refractivity contribution in [1.29, 1.82) is 0 Å². The predicted octanol–water partition coefficient (Wildman–Crippen LogP) is 0.198. The van der Waals surface area contributed by atoms with Crippen molar-refractivity contribution >= 4 is 0 Å². The standard InChI is InChI=1S/C9H18N2O/c1-11-7-8(10)6-9(11)2-4-12-5-3-9/h8H,2-7,10H2,1H3. The topological polar surface area (TPSA) is 38.5 Å².